The van der Waals surface area contributed by atoms with Gasteiger partial charge in [-0.3, -0.25) is 19.3 Å². The number of carbonyl (C=O) groups is 3. The third-order valence-corrected chi connectivity index (χ3v) is 6.26. The lowest BCUT2D eigenvalue weighted by Gasteiger charge is -2.15. The van der Waals surface area contributed by atoms with Crippen molar-refractivity contribution in [2.45, 2.75) is 40.2 Å². The lowest BCUT2D eigenvalue weighted by molar-refractivity contribution is -0.127. The Morgan fingerprint density at radius 2 is 1.88 bits per heavy atom. The second-order valence-electron chi connectivity index (χ2n) is 7.86. The number of benzene rings is 2. The number of nitrogens with zero attached hydrogens (tertiary/aromatic N) is 1. The molecule has 7 nitrogen and oxygen atoms in total. The van der Waals surface area contributed by atoms with Gasteiger partial charge in [0.15, 0.2) is 11.5 Å². The summed E-state index contributed by atoms with van der Waals surface area (Å²) in [6, 6.07) is 10.9. The summed E-state index contributed by atoms with van der Waals surface area (Å²) in [5, 5.41) is 2.26. The van der Waals surface area contributed by atoms with Crippen molar-refractivity contribution in [1.29, 1.82) is 0 Å². The lowest BCUT2D eigenvalue weighted by Crippen LogP contribution is -2.36. The summed E-state index contributed by atoms with van der Waals surface area (Å²) in [6.45, 7) is 7.59. The van der Waals surface area contributed by atoms with E-state index in [-0.39, 0.29) is 17.6 Å². The molecule has 2 aromatic rings. The highest BCUT2D eigenvalue weighted by molar-refractivity contribution is 8.18. The molecule has 1 fully saturated rings. The van der Waals surface area contributed by atoms with Gasteiger partial charge in [-0.15, -0.1) is 0 Å². The van der Waals surface area contributed by atoms with Crippen LogP contribution in [-0.4, -0.2) is 41.7 Å². The van der Waals surface area contributed by atoms with Crippen LogP contribution in [0.3, 0.4) is 0 Å². The predicted octanol–water partition coefficient (Wildman–Crippen LogP) is 5.16. The fraction of sp³-hybridized carbons (Fsp3) is 0.320. The number of thioether (sulfide) groups is 1. The molecule has 8 heteroatoms. The van der Waals surface area contributed by atoms with Crippen LogP contribution in [-0.2, 0) is 9.59 Å². The first kappa shape index (κ1) is 24.4. The van der Waals surface area contributed by atoms with Gasteiger partial charge in [0.05, 0.1) is 18.1 Å². The first-order chi connectivity index (χ1) is 15.7. The van der Waals surface area contributed by atoms with Crippen molar-refractivity contribution < 1.29 is 23.9 Å². The number of anilines is 1. The number of hydrogen-bond acceptors (Lipinski definition) is 6. The van der Waals surface area contributed by atoms with Gasteiger partial charge in [-0.05, 0) is 86.0 Å². The Labute approximate surface area is 198 Å². The molecule has 1 heterocycles. The smallest absolute Gasteiger partial charge is 0.294 e. The molecule has 0 aromatic heterocycles. The fourth-order valence-corrected chi connectivity index (χ4v) is 3.96. The number of imide groups is 1. The molecule has 0 aliphatic carbocycles. The molecule has 1 atom stereocenters. The average molecular weight is 469 g/mol. The maximum atomic E-state index is 12.8. The minimum atomic E-state index is -0.501. The van der Waals surface area contributed by atoms with Crippen molar-refractivity contribution in [2.24, 2.45) is 0 Å². The van der Waals surface area contributed by atoms with Gasteiger partial charge in [-0.1, -0.05) is 19.1 Å². The summed E-state index contributed by atoms with van der Waals surface area (Å²) < 4.78 is 11.3. The minimum absolute atomic E-state index is 0.0382. The lowest BCUT2D eigenvalue weighted by atomic mass is 10.1. The summed E-state index contributed by atoms with van der Waals surface area (Å²) in [6.07, 6.45) is 2.51. The van der Waals surface area contributed by atoms with E-state index >= 15 is 0 Å². The SMILES string of the molecule is CC[C@H](C)Oc1ccc(/C=C2\SC(=O)N(CC(=O)Nc3ccc(C)c(C)c3)C2=O)cc1OC. The van der Waals surface area contributed by atoms with Crippen molar-refractivity contribution in [1.82, 2.24) is 4.90 Å². The van der Waals surface area contributed by atoms with E-state index in [0.717, 1.165) is 34.2 Å². The van der Waals surface area contributed by atoms with E-state index in [0.29, 0.717) is 22.7 Å². The largest absolute Gasteiger partial charge is 0.493 e. The maximum absolute atomic E-state index is 12.8. The van der Waals surface area contributed by atoms with E-state index in [1.807, 2.05) is 39.8 Å². The number of carbonyl (C=O) groups excluding carboxylic acids is 3. The number of amides is 3. The molecule has 1 aliphatic rings. The number of nitrogens with one attached hydrogen (secondary N) is 1. The molecule has 0 unspecified atom stereocenters. The topological polar surface area (TPSA) is 84.9 Å². The normalized spacial score (nSPS) is 15.7. The van der Waals surface area contributed by atoms with Crippen LogP contribution in [0.1, 0.15) is 37.0 Å². The Balaban J connectivity index is 1.71. The summed E-state index contributed by atoms with van der Waals surface area (Å²) >= 11 is 0.808. The average Bonchev–Trinajstić information content (AvgIpc) is 3.04. The maximum Gasteiger partial charge on any atom is 0.294 e. The van der Waals surface area contributed by atoms with E-state index < -0.39 is 17.1 Å². The zero-order valence-electron chi connectivity index (χ0n) is 19.4. The second kappa shape index (κ2) is 10.6. The van der Waals surface area contributed by atoms with Crippen LogP contribution in [0.2, 0.25) is 0 Å². The van der Waals surface area contributed by atoms with Gasteiger partial charge in [0.2, 0.25) is 5.91 Å². The highest BCUT2D eigenvalue weighted by atomic mass is 32.2. The number of methoxy groups -OCH3 is 1. The van der Waals surface area contributed by atoms with E-state index in [2.05, 4.69) is 5.32 Å². The zero-order valence-corrected chi connectivity index (χ0v) is 20.2. The van der Waals surface area contributed by atoms with Crippen LogP contribution < -0.4 is 14.8 Å². The van der Waals surface area contributed by atoms with Gasteiger partial charge in [-0.25, -0.2) is 0 Å². The molecule has 2 aromatic carbocycles. The molecule has 3 amide bonds. The van der Waals surface area contributed by atoms with E-state index in [9.17, 15) is 14.4 Å². The second-order valence-corrected chi connectivity index (χ2v) is 8.86. The minimum Gasteiger partial charge on any atom is -0.493 e. The van der Waals surface area contributed by atoms with Crippen molar-refractivity contribution >= 4 is 40.6 Å². The van der Waals surface area contributed by atoms with Crippen LogP contribution in [0, 0.1) is 13.8 Å². The number of rotatable bonds is 8. The monoisotopic (exact) mass is 468 g/mol. The van der Waals surface area contributed by atoms with Crippen molar-refractivity contribution in [2.75, 3.05) is 19.0 Å². The Bertz CT molecular complexity index is 1110. The zero-order chi connectivity index (χ0) is 24.1. The Kier molecular flexibility index (Phi) is 7.81. The predicted molar refractivity (Wildman–Crippen MR) is 131 cm³/mol. The summed E-state index contributed by atoms with van der Waals surface area (Å²) in [7, 11) is 1.55. The molecule has 0 saturated carbocycles. The summed E-state index contributed by atoms with van der Waals surface area (Å²) in [4.78, 5) is 38.8. The van der Waals surface area contributed by atoms with Crippen LogP contribution in [0.15, 0.2) is 41.3 Å². The summed E-state index contributed by atoms with van der Waals surface area (Å²) in [5.74, 6) is 0.213. The molecule has 1 aliphatic heterocycles. The standard InChI is InChI=1S/C25H28N2O5S/c1-6-17(4)32-20-10-8-18(12-21(20)31-5)13-22-24(29)27(25(30)33-22)14-23(28)26-19-9-7-15(2)16(3)11-19/h7-13,17H,6,14H2,1-5H3,(H,26,28)/b22-13-/t17-/m0/s1. The molecular weight excluding hydrogens is 440 g/mol. The van der Waals surface area contributed by atoms with Gasteiger partial charge < -0.3 is 14.8 Å². The number of aryl methyl sites for hydroxylation is 2. The molecule has 174 valence electrons. The van der Waals surface area contributed by atoms with Crippen LogP contribution in [0.25, 0.3) is 6.08 Å². The van der Waals surface area contributed by atoms with Crippen LogP contribution >= 0.6 is 11.8 Å². The summed E-state index contributed by atoms with van der Waals surface area (Å²) in [5.41, 5.74) is 3.46. The van der Waals surface area contributed by atoms with Crippen molar-refractivity contribution in [3.05, 3.63) is 58.0 Å². The van der Waals surface area contributed by atoms with Gasteiger partial charge >= 0.3 is 0 Å². The third kappa shape index (κ3) is 5.96. The van der Waals surface area contributed by atoms with E-state index in [1.54, 1.807) is 37.5 Å². The van der Waals surface area contributed by atoms with Gasteiger partial charge in [-0.2, -0.15) is 0 Å². The molecule has 33 heavy (non-hydrogen) atoms. The Morgan fingerprint density at radius 1 is 1.12 bits per heavy atom. The molecule has 0 spiro atoms. The quantitative estimate of drug-likeness (QED) is 0.539. The fourth-order valence-electron chi connectivity index (χ4n) is 3.12. The molecule has 1 saturated heterocycles. The first-order valence-electron chi connectivity index (χ1n) is 10.7. The molecule has 3 rings (SSSR count). The first-order valence-corrected chi connectivity index (χ1v) is 11.5. The van der Waals surface area contributed by atoms with Gasteiger partial charge in [0.1, 0.15) is 6.54 Å². The van der Waals surface area contributed by atoms with Gasteiger partial charge in [0.25, 0.3) is 11.1 Å². The van der Waals surface area contributed by atoms with Crippen LogP contribution in [0.5, 0.6) is 11.5 Å². The van der Waals surface area contributed by atoms with Gasteiger partial charge in [0, 0.05) is 5.69 Å². The van der Waals surface area contributed by atoms with E-state index in [1.165, 1.54) is 0 Å². The van der Waals surface area contributed by atoms with Crippen LogP contribution in [0.4, 0.5) is 10.5 Å². The highest BCUT2D eigenvalue weighted by Gasteiger charge is 2.36. The molecule has 0 radical (unpaired) electrons. The molecule has 1 N–H and O–H groups in total. The number of hydrogen-bond donors (Lipinski definition) is 1. The Hall–Kier alpha value is -3.26. The van der Waals surface area contributed by atoms with Crippen molar-refractivity contribution in [3.63, 3.8) is 0 Å². The molecular formula is C25H28N2O5S. The Morgan fingerprint density at radius 3 is 2.55 bits per heavy atom. The van der Waals surface area contributed by atoms with E-state index in [4.69, 9.17) is 9.47 Å². The third-order valence-electron chi connectivity index (χ3n) is 5.35. The highest BCUT2D eigenvalue weighted by Crippen LogP contribution is 2.35. The molecule has 0 bridgehead atoms. The van der Waals surface area contributed by atoms with Crippen molar-refractivity contribution in [3.8, 4) is 11.5 Å². The number of ether oxygens (including phenoxy) is 2.